The molecule has 1 aromatic carbocycles. The van der Waals surface area contributed by atoms with Gasteiger partial charge in [-0.05, 0) is 335 Å². The Morgan fingerprint density at radius 2 is 0.722 bits per heavy atom. The van der Waals surface area contributed by atoms with Crippen molar-refractivity contribution in [3.8, 4) is 0 Å². The van der Waals surface area contributed by atoms with Crippen molar-refractivity contribution in [1.82, 2.24) is 52.3 Å². The van der Waals surface area contributed by atoms with Gasteiger partial charge in [0.1, 0.15) is 0 Å². The van der Waals surface area contributed by atoms with Crippen LogP contribution in [0.25, 0.3) is 0 Å². The summed E-state index contributed by atoms with van der Waals surface area (Å²) in [6.07, 6.45) is 85.3. The number of benzene rings is 1. The Hall–Kier alpha value is -1.52. The van der Waals surface area contributed by atoms with Crippen molar-refractivity contribution in [2.45, 2.75) is 449 Å². The third kappa shape index (κ3) is 26.0. The Morgan fingerprint density at radius 3 is 1.17 bits per heavy atom. The molecule has 26 atom stereocenters. The first-order valence-corrected chi connectivity index (χ1v) is 48.8. The van der Waals surface area contributed by atoms with Crippen molar-refractivity contribution in [1.29, 1.82) is 0 Å². The number of ether oxygens (including phenoxy) is 2. The lowest BCUT2D eigenvalue weighted by Gasteiger charge is -2.39. The Morgan fingerprint density at radius 1 is 0.278 bits per heavy atom. The monoisotopic (exact) mass is 1490 g/mol. The second kappa shape index (κ2) is 43.6. The molecule has 12 nitrogen and oxygen atoms in total. The van der Waals surface area contributed by atoms with Crippen molar-refractivity contribution >= 4 is 0 Å². The van der Waals surface area contributed by atoms with Crippen molar-refractivity contribution in [3.05, 3.63) is 47.5 Å². The number of rotatable bonds is 0. The summed E-state index contributed by atoms with van der Waals surface area (Å²) in [5.74, 6) is 8.68. The topological polar surface area (TPSA) is 121 Å². The van der Waals surface area contributed by atoms with E-state index in [4.69, 9.17) is 9.47 Å². The Balaban J connectivity index is 0.0000000935. The molecule has 8 N–H and O–H groups in total. The third-order valence-electron chi connectivity index (χ3n) is 32.5. The normalized spacial score (nSPS) is 43.4. The van der Waals surface area contributed by atoms with Gasteiger partial charge in [0.15, 0.2) is 0 Å². The largest absolute Gasteiger partial charge is 0.376 e. The maximum absolute atomic E-state index is 5.60. The van der Waals surface area contributed by atoms with Gasteiger partial charge in [-0.25, -0.2) is 0 Å². The van der Waals surface area contributed by atoms with Crippen LogP contribution in [0, 0.1) is 41.4 Å². The molecule has 1 aromatic rings. The van der Waals surface area contributed by atoms with Crippen LogP contribution in [0.4, 0.5) is 0 Å². The highest BCUT2D eigenvalue weighted by molar-refractivity contribution is 5.37. The van der Waals surface area contributed by atoms with Crippen LogP contribution in [0.2, 0.25) is 0 Å². The summed E-state index contributed by atoms with van der Waals surface area (Å²) in [5.41, 5.74) is 3.16. The molecule has 6 saturated carbocycles. The maximum Gasteiger partial charge on any atom is 0.0714 e. The van der Waals surface area contributed by atoms with Gasteiger partial charge in [-0.15, -0.1) is 0 Å². The van der Waals surface area contributed by atoms with Gasteiger partial charge in [0.2, 0.25) is 0 Å². The fourth-order valence-corrected chi connectivity index (χ4v) is 26.1. The SMILES string of the molecule is C1=CC2CCCC1N2.C1CC2CCC(C1)C2.C1CC2CCC(C1)C2.C1CC2CCC(C1)N2.C1CC2CCC(C1)N2.C1CC2CCC(C1)N2.C1CC2CCC(C1)N2.C1CC2CCC(C1)O2.C1CC2CCC(C2)N1.C1CC2CCN(C1)C2.C1CC2CNC(C1)C2.C1CN2CCC(C2)O1.c1ccc2c(c1)C1CCC2NC1. The fraction of sp³-hybridized carbons (Fsp3) is 0.917. The molecule has 612 valence electrons. The second-order valence-corrected chi connectivity index (χ2v) is 40.6. The van der Waals surface area contributed by atoms with Crippen molar-refractivity contribution in [2.24, 2.45) is 41.4 Å². The summed E-state index contributed by atoms with van der Waals surface area (Å²) in [7, 11) is 0. The highest BCUT2D eigenvalue weighted by Gasteiger charge is 2.37. The van der Waals surface area contributed by atoms with Crippen LogP contribution in [0.15, 0.2) is 36.4 Å². The van der Waals surface area contributed by atoms with Gasteiger partial charge in [-0.1, -0.05) is 133 Å². The predicted molar refractivity (Wildman–Crippen MR) is 451 cm³/mol. The molecule has 108 heavy (non-hydrogen) atoms. The molecule has 0 radical (unpaired) electrons. The Kier molecular flexibility index (Phi) is 33.0. The molecule has 26 bridgehead atoms. The minimum atomic E-state index is 0.587. The summed E-state index contributed by atoms with van der Waals surface area (Å²) in [6.45, 7) is 12.6. The summed E-state index contributed by atoms with van der Waals surface area (Å²) in [6, 6.07) is 20.1. The van der Waals surface area contributed by atoms with Gasteiger partial charge < -0.3 is 56.9 Å². The van der Waals surface area contributed by atoms with Crippen LogP contribution < -0.4 is 42.5 Å². The molecule has 12 heteroatoms. The number of hydrogen-bond acceptors (Lipinski definition) is 12. The molecule has 27 aliphatic rings. The zero-order chi connectivity index (χ0) is 72.7. The smallest absolute Gasteiger partial charge is 0.0714 e. The van der Waals surface area contributed by atoms with Crippen LogP contribution >= 0.6 is 0 Å². The standard InChI is InChI=1S/C11H13N.2C8H14.7C7H13N.C7H11N.C7H12O.C6H11NO/c1-2-4-10-9(3-1)8-5-6-11(10)12-7-8;2*1-2-7-4-5-8(3-1)6-7;1-2-7-5-6(1)3-4-8-7;1-2-7-3-5-8(4-1)6-7;1-2-6-4-7(3-1)8-5-6;6*1-2-6-4-5-7(3-1)8-6;1-2-7-3-4-8-6(1)5-7/h1-4,8,11-12H,5-7H2;2*7-8H,1-6H2;6-8H,1-5H2;7H,1-6H2;5*6-8H,1-5H2;4-8H,1-3H2;6-7H,1-5H2;6H,1-5H2. The zero-order valence-corrected chi connectivity index (χ0v) is 69.3. The van der Waals surface area contributed by atoms with Crippen LogP contribution in [0.5, 0.6) is 0 Å². The minimum absolute atomic E-state index is 0.587. The lowest BCUT2D eigenvalue weighted by molar-refractivity contribution is 0.00574. The van der Waals surface area contributed by atoms with Crippen LogP contribution in [0.3, 0.4) is 0 Å². The first kappa shape index (κ1) is 81.6. The first-order chi connectivity index (χ1) is 53.3. The van der Waals surface area contributed by atoms with Gasteiger partial charge in [0, 0.05) is 111 Å². The van der Waals surface area contributed by atoms with Crippen molar-refractivity contribution < 1.29 is 9.47 Å². The van der Waals surface area contributed by atoms with Crippen molar-refractivity contribution in [3.63, 3.8) is 0 Å². The van der Waals surface area contributed by atoms with Gasteiger partial charge in [0.05, 0.1) is 24.9 Å². The molecule has 7 aliphatic carbocycles. The molecule has 26 unspecified atom stereocenters. The molecule has 0 aromatic heterocycles. The molecule has 18 saturated heterocycles. The Labute approximate surface area is 662 Å². The van der Waals surface area contributed by atoms with Crippen molar-refractivity contribution in [2.75, 3.05) is 65.5 Å². The number of hydrogen-bond donors (Lipinski definition) is 8. The number of morpholine rings is 1. The first-order valence-electron chi connectivity index (χ1n) is 48.8. The molecular weight excluding hydrogens is 1330 g/mol. The van der Waals surface area contributed by atoms with E-state index in [-0.39, 0.29) is 0 Å². The molecule has 0 spiro atoms. The zero-order valence-electron chi connectivity index (χ0n) is 69.3. The molecule has 24 fully saturated rings. The van der Waals surface area contributed by atoms with E-state index in [1.807, 2.05) is 0 Å². The number of fused-ring (bicyclic) bond motifs is 26. The van der Waals surface area contributed by atoms with Crippen LogP contribution in [-0.2, 0) is 9.47 Å². The Bertz CT molecular complexity index is 2060. The molecule has 0 amide bonds. The second-order valence-electron chi connectivity index (χ2n) is 40.6. The summed E-state index contributed by atoms with van der Waals surface area (Å²) in [4.78, 5) is 5.06. The predicted octanol–water partition coefficient (Wildman–Crippen LogP) is 18.8. The molecule has 20 aliphatic heterocycles. The number of nitrogens with zero attached hydrogens (tertiary/aromatic N) is 2. The van der Waals surface area contributed by atoms with Crippen LogP contribution in [-0.4, -0.2) is 166 Å². The minimum Gasteiger partial charge on any atom is -0.376 e. The van der Waals surface area contributed by atoms with E-state index in [1.54, 1.807) is 75.3 Å². The molecule has 28 rings (SSSR count). The maximum atomic E-state index is 5.60. The van der Waals surface area contributed by atoms with Gasteiger partial charge >= 0.3 is 0 Å². The lowest BCUT2D eigenvalue weighted by atomic mass is 9.76. The van der Waals surface area contributed by atoms with E-state index in [1.165, 1.54) is 335 Å². The van der Waals surface area contributed by atoms with E-state index < -0.39 is 0 Å². The number of piperidine rings is 8. The number of nitrogens with one attached hydrogen (secondary N) is 8. The summed E-state index contributed by atoms with van der Waals surface area (Å²) < 4.78 is 11.0. The average molecular weight is 1490 g/mol. The summed E-state index contributed by atoms with van der Waals surface area (Å²) in [5, 5.41) is 28.4. The van der Waals surface area contributed by atoms with E-state index in [2.05, 4.69) is 88.8 Å². The van der Waals surface area contributed by atoms with Gasteiger partial charge in [0.25, 0.3) is 0 Å². The van der Waals surface area contributed by atoms with E-state index in [0.29, 0.717) is 24.4 Å². The van der Waals surface area contributed by atoms with E-state index in [0.717, 1.165) is 133 Å². The lowest BCUT2D eigenvalue weighted by Crippen LogP contribution is -2.38. The fourth-order valence-electron chi connectivity index (χ4n) is 26.1. The molecular formula is C96H166N10O2. The van der Waals surface area contributed by atoms with E-state index in [9.17, 15) is 0 Å². The highest BCUT2D eigenvalue weighted by atomic mass is 16.5. The quantitative estimate of drug-likeness (QED) is 0.118. The van der Waals surface area contributed by atoms with Gasteiger partial charge in [-0.3, -0.25) is 4.90 Å². The van der Waals surface area contributed by atoms with Gasteiger partial charge in [-0.2, -0.15) is 0 Å². The average Bonchev–Trinajstić information content (AvgIpc) is 1.02. The van der Waals surface area contributed by atoms with Crippen LogP contribution in [0.1, 0.15) is 370 Å². The third-order valence-corrected chi connectivity index (χ3v) is 32.5. The summed E-state index contributed by atoms with van der Waals surface area (Å²) >= 11 is 0. The van der Waals surface area contributed by atoms with E-state index >= 15 is 0 Å². The highest BCUT2D eigenvalue weighted by Crippen LogP contribution is 2.44. The molecule has 20 heterocycles.